The minimum atomic E-state index is -0.464. The minimum Gasteiger partial charge on any atom is -0.442 e. The van der Waals surface area contributed by atoms with Gasteiger partial charge in [0.2, 0.25) is 5.91 Å². The van der Waals surface area contributed by atoms with Crippen LogP contribution in [-0.4, -0.2) is 41.0 Å². The lowest BCUT2D eigenvalue weighted by Gasteiger charge is -2.12. The highest BCUT2D eigenvalue weighted by Gasteiger charge is 2.33. The molecule has 0 aliphatic carbocycles. The van der Waals surface area contributed by atoms with Crippen molar-refractivity contribution in [3.63, 3.8) is 0 Å². The maximum Gasteiger partial charge on any atom is 0.416 e. The molecule has 1 saturated heterocycles. The third-order valence-corrected chi connectivity index (χ3v) is 4.05. The van der Waals surface area contributed by atoms with Gasteiger partial charge in [0, 0.05) is 19.5 Å². The molecule has 1 aromatic heterocycles. The highest BCUT2D eigenvalue weighted by Crippen LogP contribution is 2.20. The lowest BCUT2D eigenvalue weighted by molar-refractivity contribution is -0.121. The average Bonchev–Trinajstić information content (AvgIpc) is 3.17. The van der Waals surface area contributed by atoms with Crippen LogP contribution < -0.4 is 10.2 Å². The van der Waals surface area contributed by atoms with E-state index in [0.717, 1.165) is 0 Å². The number of carbonyl (C=O) groups excluding carboxylic acids is 2. The first-order chi connectivity index (χ1) is 12.0. The molecule has 2 amide bonds. The van der Waals surface area contributed by atoms with Crippen molar-refractivity contribution < 1.29 is 18.7 Å². The van der Waals surface area contributed by atoms with E-state index in [1.54, 1.807) is 42.2 Å². The summed E-state index contributed by atoms with van der Waals surface area (Å²) in [6, 6.07) is 8.10. The van der Waals surface area contributed by atoms with Crippen molar-refractivity contribution in [1.29, 1.82) is 0 Å². The number of amides is 2. The third kappa shape index (κ3) is 3.96. The fourth-order valence-corrected chi connectivity index (χ4v) is 2.71. The fourth-order valence-electron chi connectivity index (χ4n) is 2.71. The van der Waals surface area contributed by atoms with Gasteiger partial charge in [0.15, 0.2) is 0 Å². The van der Waals surface area contributed by atoms with Crippen molar-refractivity contribution in [3.05, 3.63) is 47.9 Å². The van der Waals surface area contributed by atoms with Gasteiger partial charge in [-0.25, -0.2) is 9.18 Å². The van der Waals surface area contributed by atoms with Crippen LogP contribution in [0, 0.1) is 5.82 Å². The van der Waals surface area contributed by atoms with E-state index in [1.165, 1.54) is 11.0 Å². The number of hydrogen-bond acceptors (Lipinski definition) is 4. The van der Waals surface area contributed by atoms with Crippen LogP contribution in [0.1, 0.15) is 12.0 Å². The number of cyclic esters (lactones) is 1. The first-order valence-corrected chi connectivity index (χ1v) is 8.01. The summed E-state index contributed by atoms with van der Waals surface area (Å²) in [5.41, 5.74) is 0.507. The zero-order valence-electron chi connectivity index (χ0n) is 13.8. The summed E-state index contributed by atoms with van der Waals surface area (Å²) in [4.78, 5) is 25.3. The largest absolute Gasteiger partial charge is 0.442 e. The Morgan fingerprint density at radius 1 is 1.40 bits per heavy atom. The molecule has 1 fully saturated rings. The Hall–Kier alpha value is -2.90. The molecule has 1 aliphatic rings. The molecular formula is C17H19FN4O3. The topological polar surface area (TPSA) is 76.5 Å². The molecule has 3 rings (SSSR count). The smallest absolute Gasteiger partial charge is 0.416 e. The monoisotopic (exact) mass is 346 g/mol. The van der Waals surface area contributed by atoms with E-state index in [9.17, 15) is 14.0 Å². The number of aromatic nitrogens is 2. The fraction of sp³-hybridized carbons (Fsp3) is 0.353. The summed E-state index contributed by atoms with van der Waals surface area (Å²) in [5, 5.41) is 6.75. The zero-order chi connectivity index (χ0) is 17.8. The number of rotatable bonds is 6. The molecule has 1 aromatic carbocycles. The maximum absolute atomic E-state index is 13.5. The first kappa shape index (κ1) is 16.9. The van der Waals surface area contributed by atoms with Gasteiger partial charge in [0.25, 0.3) is 0 Å². The highest BCUT2D eigenvalue weighted by molar-refractivity contribution is 5.88. The second-order valence-corrected chi connectivity index (χ2v) is 5.82. The first-order valence-electron chi connectivity index (χ1n) is 8.01. The van der Waals surface area contributed by atoms with Crippen molar-refractivity contribution in [1.82, 2.24) is 15.1 Å². The average molecular weight is 346 g/mol. The summed E-state index contributed by atoms with van der Waals surface area (Å²) >= 11 is 0. The normalized spacial score (nSPS) is 16.8. The summed E-state index contributed by atoms with van der Waals surface area (Å²) in [5.74, 6) is 0.114. The second-order valence-electron chi connectivity index (χ2n) is 5.82. The van der Waals surface area contributed by atoms with Gasteiger partial charge in [0.1, 0.15) is 17.7 Å². The molecule has 2 aromatic rings. The number of hydrogen-bond donors (Lipinski definition) is 1. The number of nitrogens with zero attached hydrogens (tertiary/aromatic N) is 3. The van der Waals surface area contributed by atoms with Gasteiger partial charge in [-0.1, -0.05) is 18.2 Å². The van der Waals surface area contributed by atoms with Crippen LogP contribution >= 0.6 is 0 Å². The quantitative estimate of drug-likeness (QED) is 0.863. The Balaban J connectivity index is 1.46. The summed E-state index contributed by atoms with van der Waals surface area (Å²) < 4.78 is 20.4. The van der Waals surface area contributed by atoms with Crippen LogP contribution in [-0.2, 0) is 23.0 Å². The van der Waals surface area contributed by atoms with E-state index in [4.69, 9.17) is 4.74 Å². The van der Waals surface area contributed by atoms with E-state index in [-0.39, 0.29) is 24.7 Å². The van der Waals surface area contributed by atoms with E-state index in [2.05, 4.69) is 10.4 Å². The molecule has 0 radical (unpaired) electrons. The Kier molecular flexibility index (Phi) is 4.97. The molecule has 7 nitrogen and oxygen atoms in total. The van der Waals surface area contributed by atoms with Crippen LogP contribution in [0.15, 0.2) is 36.5 Å². The maximum atomic E-state index is 13.5. The lowest BCUT2D eigenvalue weighted by Crippen LogP contribution is -2.35. The molecule has 8 heteroatoms. The van der Waals surface area contributed by atoms with Gasteiger partial charge in [0.05, 0.1) is 19.3 Å². The van der Waals surface area contributed by atoms with E-state index in [0.29, 0.717) is 24.3 Å². The van der Waals surface area contributed by atoms with Gasteiger partial charge in [-0.3, -0.25) is 14.4 Å². The Bertz CT molecular complexity index is 777. The number of halogens is 1. The van der Waals surface area contributed by atoms with Gasteiger partial charge in [-0.15, -0.1) is 0 Å². The number of nitrogens with one attached hydrogen (secondary N) is 1. The van der Waals surface area contributed by atoms with Gasteiger partial charge < -0.3 is 10.1 Å². The van der Waals surface area contributed by atoms with E-state index >= 15 is 0 Å². The standard InChI is InChI=1S/C17H19FN4O3/c1-21-16(8-9-20-21)22-11-13(25-17(22)24)10-19-15(23)7-6-12-4-2-3-5-14(12)18/h2-5,8-9,13H,6-7,10-11H2,1H3,(H,19,23). The number of anilines is 1. The molecule has 0 bridgehead atoms. The number of ether oxygens (including phenoxy) is 1. The molecule has 1 atom stereocenters. The second kappa shape index (κ2) is 7.33. The Morgan fingerprint density at radius 3 is 2.92 bits per heavy atom. The van der Waals surface area contributed by atoms with Crippen molar-refractivity contribution in [3.8, 4) is 0 Å². The highest BCUT2D eigenvalue weighted by atomic mass is 19.1. The van der Waals surface area contributed by atoms with Gasteiger partial charge >= 0.3 is 6.09 Å². The van der Waals surface area contributed by atoms with Crippen molar-refractivity contribution in [2.24, 2.45) is 7.05 Å². The van der Waals surface area contributed by atoms with Crippen molar-refractivity contribution in [2.75, 3.05) is 18.0 Å². The van der Waals surface area contributed by atoms with E-state index in [1.807, 2.05) is 0 Å². The summed E-state index contributed by atoms with van der Waals surface area (Å²) in [7, 11) is 1.74. The Labute approximate surface area is 144 Å². The Morgan fingerprint density at radius 2 is 2.20 bits per heavy atom. The van der Waals surface area contributed by atoms with Gasteiger partial charge in [-0.05, 0) is 18.1 Å². The lowest BCUT2D eigenvalue weighted by atomic mass is 10.1. The number of benzene rings is 1. The van der Waals surface area contributed by atoms with Crippen molar-refractivity contribution >= 4 is 17.8 Å². The predicted molar refractivity (Wildman–Crippen MR) is 88.6 cm³/mol. The van der Waals surface area contributed by atoms with Crippen LogP contribution in [0.25, 0.3) is 0 Å². The van der Waals surface area contributed by atoms with E-state index < -0.39 is 12.2 Å². The number of aryl methyl sites for hydroxylation is 2. The molecule has 132 valence electrons. The molecule has 1 N–H and O–H groups in total. The number of carbonyl (C=O) groups is 2. The predicted octanol–water partition coefficient (Wildman–Crippen LogP) is 1.63. The molecule has 0 saturated carbocycles. The molecule has 1 unspecified atom stereocenters. The van der Waals surface area contributed by atoms with Crippen LogP contribution in [0.5, 0.6) is 0 Å². The van der Waals surface area contributed by atoms with Crippen LogP contribution in [0.2, 0.25) is 0 Å². The van der Waals surface area contributed by atoms with Gasteiger partial charge in [-0.2, -0.15) is 5.10 Å². The minimum absolute atomic E-state index is 0.174. The molecule has 2 heterocycles. The van der Waals surface area contributed by atoms with Crippen molar-refractivity contribution in [2.45, 2.75) is 18.9 Å². The zero-order valence-corrected chi connectivity index (χ0v) is 13.8. The molecule has 1 aliphatic heterocycles. The van der Waals surface area contributed by atoms with Crippen LogP contribution in [0.3, 0.4) is 0 Å². The SMILES string of the molecule is Cn1nccc1N1CC(CNC(=O)CCc2ccccc2F)OC1=O. The molecule has 0 spiro atoms. The van der Waals surface area contributed by atoms with Crippen LogP contribution in [0.4, 0.5) is 15.0 Å². The summed E-state index contributed by atoms with van der Waals surface area (Å²) in [6.45, 7) is 0.558. The summed E-state index contributed by atoms with van der Waals surface area (Å²) in [6.07, 6.45) is 1.20. The molecule has 25 heavy (non-hydrogen) atoms. The third-order valence-electron chi connectivity index (χ3n) is 4.05. The molecular weight excluding hydrogens is 327 g/mol.